The quantitative estimate of drug-likeness (QED) is 0.620. The molecule has 1 saturated carbocycles. The molecular weight excluding hydrogens is 322 g/mol. The Hall–Kier alpha value is -2.50. The number of allylic oxidation sites excluding steroid dienone is 2. The fourth-order valence-corrected chi connectivity index (χ4v) is 4.52. The third-order valence-corrected chi connectivity index (χ3v) is 5.67. The molecule has 0 aromatic heterocycles. The molecule has 4 atom stereocenters. The average molecular weight is 343 g/mol. The molecule has 1 aromatic rings. The molecule has 6 heteroatoms. The van der Waals surface area contributed by atoms with Crippen LogP contribution in [0.4, 0.5) is 5.69 Å². The molecule has 132 valence electrons. The number of fused-ring (bicyclic) bond motifs is 1. The summed E-state index contributed by atoms with van der Waals surface area (Å²) in [7, 11) is 4.54. The maximum absolute atomic E-state index is 13.1. The maximum Gasteiger partial charge on any atom is 0.238 e. The van der Waals surface area contributed by atoms with Gasteiger partial charge in [0.25, 0.3) is 0 Å². The largest absolute Gasteiger partial charge is 0.493 e. The number of carbonyl (C=O) groups is 2. The zero-order valence-electron chi connectivity index (χ0n) is 14.5. The first-order chi connectivity index (χ1) is 12.1. The van der Waals surface area contributed by atoms with Crippen LogP contribution in [0.2, 0.25) is 0 Å². The Morgan fingerprint density at radius 2 is 1.32 bits per heavy atom. The van der Waals surface area contributed by atoms with Crippen LogP contribution in [-0.4, -0.2) is 33.1 Å². The van der Waals surface area contributed by atoms with Crippen LogP contribution in [0.15, 0.2) is 24.3 Å². The van der Waals surface area contributed by atoms with Crippen LogP contribution >= 0.6 is 0 Å². The van der Waals surface area contributed by atoms with E-state index in [-0.39, 0.29) is 35.5 Å². The Balaban J connectivity index is 1.78. The summed E-state index contributed by atoms with van der Waals surface area (Å²) < 4.78 is 16.0. The van der Waals surface area contributed by atoms with Crippen LogP contribution in [-0.2, 0) is 9.59 Å². The molecule has 3 aliphatic carbocycles. The highest BCUT2D eigenvalue weighted by atomic mass is 16.5. The highest BCUT2D eigenvalue weighted by molar-refractivity contribution is 6.22. The Morgan fingerprint density at radius 3 is 1.68 bits per heavy atom. The predicted octanol–water partition coefficient (Wildman–Crippen LogP) is 2.41. The van der Waals surface area contributed by atoms with Gasteiger partial charge in [-0.25, -0.2) is 4.90 Å². The number of rotatable bonds is 4. The van der Waals surface area contributed by atoms with E-state index in [0.717, 1.165) is 12.8 Å². The monoisotopic (exact) mass is 343 g/mol. The lowest BCUT2D eigenvalue weighted by atomic mass is 9.63. The van der Waals surface area contributed by atoms with Gasteiger partial charge < -0.3 is 14.2 Å². The number of methoxy groups -OCH3 is 3. The van der Waals surface area contributed by atoms with E-state index in [1.807, 2.05) is 0 Å². The lowest BCUT2D eigenvalue weighted by Gasteiger charge is -2.38. The van der Waals surface area contributed by atoms with Crippen molar-refractivity contribution < 1.29 is 23.8 Å². The van der Waals surface area contributed by atoms with E-state index in [1.165, 1.54) is 26.2 Å². The first kappa shape index (κ1) is 16.0. The minimum absolute atomic E-state index is 0.122. The molecule has 1 heterocycles. The van der Waals surface area contributed by atoms with Crippen molar-refractivity contribution in [2.45, 2.75) is 12.8 Å². The molecule has 2 bridgehead atoms. The summed E-state index contributed by atoms with van der Waals surface area (Å²) in [5, 5.41) is 0. The summed E-state index contributed by atoms with van der Waals surface area (Å²) in [6.07, 6.45) is 6.17. The van der Waals surface area contributed by atoms with Gasteiger partial charge in [-0.2, -0.15) is 0 Å². The Labute approximate surface area is 146 Å². The van der Waals surface area contributed by atoms with Gasteiger partial charge in [-0.05, 0) is 24.7 Å². The molecule has 2 fully saturated rings. The molecule has 0 radical (unpaired) electrons. The number of carbonyl (C=O) groups excluding carboxylic acids is 2. The van der Waals surface area contributed by atoms with E-state index in [2.05, 4.69) is 12.2 Å². The van der Waals surface area contributed by atoms with Gasteiger partial charge >= 0.3 is 0 Å². The number of hydrogen-bond acceptors (Lipinski definition) is 5. The van der Waals surface area contributed by atoms with Crippen molar-refractivity contribution in [1.29, 1.82) is 0 Å². The molecule has 1 aromatic carbocycles. The zero-order valence-corrected chi connectivity index (χ0v) is 14.5. The van der Waals surface area contributed by atoms with Crippen molar-refractivity contribution in [3.8, 4) is 17.2 Å². The Morgan fingerprint density at radius 1 is 0.840 bits per heavy atom. The summed E-state index contributed by atoms with van der Waals surface area (Å²) in [4.78, 5) is 27.4. The minimum Gasteiger partial charge on any atom is -0.493 e. The first-order valence-corrected chi connectivity index (χ1v) is 8.46. The molecule has 1 aliphatic heterocycles. The van der Waals surface area contributed by atoms with Gasteiger partial charge in [0.05, 0.1) is 38.9 Å². The molecule has 25 heavy (non-hydrogen) atoms. The topological polar surface area (TPSA) is 65.1 Å². The molecule has 1 saturated heterocycles. The Kier molecular flexibility index (Phi) is 3.71. The van der Waals surface area contributed by atoms with Crippen molar-refractivity contribution in [3.63, 3.8) is 0 Å². The van der Waals surface area contributed by atoms with Crippen molar-refractivity contribution in [3.05, 3.63) is 24.3 Å². The van der Waals surface area contributed by atoms with E-state index in [1.54, 1.807) is 12.1 Å². The van der Waals surface area contributed by atoms with E-state index in [9.17, 15) is 9.59 Å². The van der Waals surface area contributed by atoms with Gasteiger partial charge in [-0.3, -0.25) is 9.59 Å². The molecule has 6 nitrogen and oxygen atoms in total. The smallest absolute Gasteiger partial charge is 0.238 e. The fraction of sp³-hybridized carbons (Fsp3) is 0.474. The van der Waals surface area contributed by atoms with Crippen molar-refractivity contribution in [2.75, 3.05) is 26.2 Å². The first-order valence-electron chi connectivity index (χ1n) is 8.46. The predicted molar refractivity (Wildman–Crippen MR) is 90.9 cm³/mol. The van der Waals surface area contributed by atoms with Gasteiger partial charge in [0, 0.05) is 12.1 Å². The van der Waals surface area contributed by atoms with E-state index in [4.69, 9.17) is 14.2 Å². The van der Waals surface area contributed by atoms with E-state index < -0.39 is 0 Å². The summed E-state index contributed by atoms with van der Waals surface area (Å²) in [5.74, 6) is 0.892. The molecule has 0 N–H and O–H groups in total. The third-order valence-electron chi connectivity index (χ3n) is 5.67. The summed E-state index contributed by atoms with van der Waals surface area (Å²) in [6, 6.07) is 3.31. The van der Waals surface area contributed by atoms with Crippen LogP contribution < -0.4 is 19.1 Å². The van der Waals surface area contributed by atoms with Gasteiger partial charge in [0.1, 0.15) is 0 Å². The van der Waals surface area contributed by atoms with Crippen LogP contribution in [0.5, 0.6) is 17.2 Å². The normalized spacial score (nSPS) is 29.8. The molecular formula is C19H21NO5. The third kappa shape index (κ3) is 2.16. The molecule has 0 spiro atoms. The average Bonchev–Trinajstić information content (AvgIpc) is 2.94. The van der Waals surface area contributed by atoms with Crippen LogP contribution in [0, 0.1) is 23.7 Å². The van der Waals surface area contributed by atoms with Crippen molar-refractivity contribution in [1.82, 2.24) is 0 Å². The highest BCUT2D eigenvalue weighted by Crippen LogP contribution is 2.51. The summed E-state index contributed by atoms with van der Waals surface area (Å²) in [5.41, 5.74) is 0.471. The number of anilines is 1. The van der Waals surface area contributed by atoms with Crippen LogP contribution in [0.3, 0.4) is 0 Å². The van der Waals surface area contributed by atoms with E-state index in [0.29, 0.717) is 22.9 Å². The number of benzene rings is 1. The van der Waals surface area contributed by atoms with Gasteiger partial charge in [-0.1, -0.05) is 12.2 Å². The second-order valence-corrected chi connectivity index (χ2v) is 6.74. The lowest BCUT2D eigenvalue weighted by Crippen LogP contribution is -2.38. The number of ether oxygens (including phenoxy) is 3. The summed E-state index contributed by atoms with van der Waals surface area (Å²) >= 11 is 0. The zero-order chi connectivity index (χ0) is 17.7. The number of hydrogen-bond donors (Lipinski definition) is 0. The summed E-state index contributed by atoms with van der Waals surface area (Å²) in [6.45, 7) is 0. The van der Waals surface area contributed by atoms with Crippen molar-refractivity contribution >= 4 is 17.5 Å². The maximum atomic E-state index is 13.1. The van der Waals surface area contributed by atoms with Gasteiger partial charge in [-0.15, -0.1) is 0 Å². The lowest BCUT2D eigenvalue weighted by molar-refractivity contribution is -0.124. The van der Waals surface area contributed by atoms with Crippen LogP contribution in [0.25, 0.3) is 0 Å². The standard InChI is InChI=1S/C19H21NO5/c1-23-13-8-12(9-14(24-2)17(13)25-3)20-18(21)15-10-4-5-11(7-6-10)16(15)19(20)22/h4-5,8-11,15-16H,6-7H2,1-3H3/t10-,11+,15-,16+. The number of amides is 2. The second kappa shape index (κ2) is 5.79. The van der Waals surface area contributed by atoms with Crippen molar-refractivity contribution in [2.24, 2.45) is 23.7 Å². The molecule has 0 unspecified atom stereocenters. The molecule has 2 amide bonds. The van der Waals surface area contributed by atoms with Gasteiger partial charge in [0.15, 0.2) is 11.5 Å². The second-order valence-electron chi connectivity index (χ2n) is 6.74. The number of nitrogens with zero attached hydrogens (tertiary/aromatic N) is 1. The van der Waals surface area contributed by atoms with Crippen LogP contribution in [0.1, 0.15) is 12.8 Å². The molecule has 5 rings (SSSR count). The van der Waals surface area contributed by atoms with E-state index >= 15 is 0 Å². The highest BCUT2D eigenvalue weighted by Gasteiger charge is 2.57. The van der Waals surface area contributed by atoms with Gasteiger partial charge in [0.2, 0.25) is 17.6 Å². The Bertz CT molecular complexity index is 714. The number of imide groups is 1. The minimum atomic E-state index is -0.240. The molecule has 4 aliphatic rings. The SMILES string of the molecule is COc1cc(N2C(=O)[C@@H]3[C@H](C2=O)[C@@H]2C=C[C@H]3CC2)cc(OC)c1OC. The fourth-order valence-electron chi connectivity index (χ4n) is 4.52.